The van der Waals surface area contributed by atoms with Crippen molar-refractivity contribution in [2.75, 3.05) is 6.54 Å². The molecule has 1 heterocycles. The predicted molar refractivity (Wildman–Crippen MR) is 51.8 cm³/mol. The average molecular weight is 211 g/mol. The van der Waals surface area contributed by atoms with Crippen molar-refractivity contribution in [2.24, 2.45) is 0 Å². The zero-order valence-electron chi connectivity index (χ0n) is 8.52. The van der Waals surface area contributed by atoms with E-state index in [4.69, 9.17) is 0 Å². The molecule has 0 aliphatic carbocycles. The van der Waals surface area contributed by atoms with Crippen molar-refractivity contribution in [2.45, 2.75) is 25.4 Å². The van der Waals surface area contributed by atoms with Gasteiger partial charge in [0.15, 0.2) is 5.78 Å². The van der Waals surface area contributed by atoms with Crippen molar-refractivity contribution in [3.8, 4) is 0 Å². The van der Waals surface area contributed by atoms with E-state index in [1.165, 1.54) is 6.92 Å². The van der Waals surface area contributed by atoms with Gasteiger partial charge in [-0.05, 0) is 13.0 Å². The minimum Gasteiger partial charge on any atom is -0.380 e. The number of hydrogen-bond acceptors (Lipinski definition) is 4. The maximum absolute atomic E-state index is 11.2. The second-order valence-corrected chi connectivity index (χ2v) is 3.72. The summed E-state index contributed by atoms with van der Waals surface area (Å²) >= 11 is 0. The van der Waals surface area contributed by atoms with Crippen molar-refractivity contribution in [3.05, 3.63) is 12.7 Å². The Morgan fingerprint density at radius 2 is 2.00 bits per heavy atom. The van der Waals surface area contributed by atoms with Crippen LogP contribution in [0.25, 0.3) is 0 Å². The van der Waals surface area contributed by atoms with Crippen LogP contribution in [0.5, 0.6) is 0 Å². The summed E-state index contributed by atoms with van der Waals surface area (Å²) in [6.07, 6.45) is 1.28. The first kappa shape index (κ1) is 11.6. The molecular weight excluding hydrogens is 198 g/mol. The summed E-state index contributed by atoms with van der Waals surface area (Å²) in [5.74, 6) is -1.30. The number of nitrogens with zero attached hydrogens (tertiary/aromatic N) is 1. The van der Waals surface area contributed by atoms with E-state index < -0.39 is 11.4 Å². The fourth-order valence-corrected chi connectivity index (χ4v) is 1.40. The standard InChI is InChI=1S/C10H13NO4/c1-3-7(12)10(2,15)6-11-8(13)4-5-9(11)14/h3,15H,1,4-6H2,2H3. The number of carbonyl (C=O) groups excluding carboxylic acids is 3. The summed E-state index contributed by atoms with van der Waals surface area (Å²) < 4.78 is 0. The lowest BCUT2D eigenvalue weighted by Gasteiger charge is -2.25. The second-order valence-electron chi connectivity index (χ2n) is 3.72. The number of carbonyl (C=O) groups is 3. The molecule has 0 aromatic heterocycles. The van der Waals surface area contributed by atoms with Crippen molar-refractivity contribution < 1.29 is 19.5 Å². The quantitative estimate of drug-likeness (QED) is 0.509. The molecule has 2 amide bonds. The molecule has 0 aromatic carbocycles. The van der Waals surface area contributed by atoms with Gasteiger partial charge in [-0.2, -0.15) is 0 Å². The van der Waals surface area contributed by atoms with Crippen LogP contribution in [-0.4, -0.2) is 39.7 Å². The number of likely N-dealkylation sites (tertiary alicyclic amines) is 1. The monoisotopic (exact) mass is 211 g/mol. The van der Waals surface area contributed by atoms with Gasteiger partial charge in [0, 0.05) is 12.8 Å². The number of hydrogen-bond donors (Lipinski definition) is 1. The maximum atomic E-state index is 11.2. The van der Waals surface area contributed by atoms with Crippen molar-refractivity contribution in [3.63, 3.8) is 0 Å². The third-order valence-electron chi connectivity index (χ3n) is 2.34. The Kier molecular flexibility index (Phi) is 3.04. The molecule has 1 aliphatic heterocycles. The third-order valence-corrected chi connectivity index (χ3v) is 2.34. The minimum absolute atomic E-state index is 0.150. The van der Waals surface area contributed by atoms with Gasteiger partial charge in [0.1, 0.15) is 5.60 Å². The first-order valence-corrected chi connectivity index (χ1v) is 4.61. The summed E-state index contributed by atoms with van der Waals surface area (Å²) in [4.78, 5) is 34.6. The highest BCUT2D eigenvalue weighted by molar-refractivity contribution is 6.03. The molecule has 0 aromatic rings. The van der Waals surface area contributed by atoms with E-state index in [1.807, 2.05) is 0 Å². The molecule has 1 N–H and O–H groups in total. The van der Waals surface area contributed by atoms with Crippen LogP contribution in [0.1, 0.15) is 19.8 Å². The molecule has 0 bridgehead atoms. The molecule has 1 fully saturated rings. The molecular formula is C10H13NO4. The van der Waals surface area contributed by atoms with Gasteiger partial charge >= 0.3 is 0 Å². The van der Waals surface area contributed by atoms with Crippen LogP contribution in [0.2, 0.25) is 0 Å². The molecule has 0 spiro atoms. The number of rotatable bonds is 4. The van der Waals surface area contributed by atoms with Crippen molar-refractivity contribution in [1.29, 1.82) is 0 Å². The van der Waals surface area contributed by atoms with Crippen LogP contribution >= 0.6 is 0 Å². The number of ketones is 1. The van der Waals surface area contributed by atoms with E-state index in [2.05, 4.69) is 6.58 Å². The van der Waals surface area contributed by atoms with Crippen LogP contribution in [0, 0.1) is 0 Å². The number of amides is 2. The molecule has 0 saturated carbocycles. The van der Waals surface area contributed by atoms with Gasteiger partial charge in [-0.25, -0.2) is 0 Å². The van der Waals surface area contributed by atoms with E-state index in [0.717, 1.165) is 11.0 Å². The summed E-state index contributed by atoms with van der Waals surface area (Å²) in [7, 11) is 0. The molecule has 5 nitrogen and oxygen atoms in total. The lowest BCUT2D eigenvalue weighted by molar-refractivity contribution is -0.145. The summed E-state index contributed by atoms with van der Waals surface area (Å²) in [6, 6.07) is 0. The molecule has 15 heavy (non-hydrogen) atoms. The van der Waals surface area contributed by atoms with Gasteiger partial charge in [0.25, 0.3) is 0 Å². The lowest BCUT2D eigenvalue weighted by Crippen LogP contribution is -2.47. The summed E-state index contributed by atoms with van der Waals surface area (Å²) in [6.45, 7) is 4.21. The van der Waals surface area contributed by atoms with Gasteiger partial charge in [-0.15, -0.1) is 0 Å². The highest BCUT2D eigenvalue weighted by atomic mass is 16.3. The first-order valence-electron chi connectivity index (χ1n) is 4.61. The normalized spacial score (nSPS) is 20.3. The summed E-state index contributed by atoms with van der Waals surface area (Å²) in [5, 5.41) is 9.71. The fraction of sp³-hybridized carbons (Fsp3) is 0.500. The second kappa shape index (κ2) is 3.94. The van der Waals surface area contributed by atoms with Gasteiger partial charge in [-0.1, -0.05) is 6.58 Å². The minimum atomic E-state index is -1.74. The van der Waals surface area contributed by atoms with Crippen molar-refractivity contribution >= 4 is 17.6 Å². The Bertz CT molecular complexity index is 316. The zero-order chi connectivity index (χ0) is 11.6. The average Bonchev–Trinajstić information content (AvgIpc) is 2.47. The first-order chi connectivity index (χ1) is 6.88. The predicted octanol–water partition coefficient (Wildman–Crippen LogP) is -0.359. The van der Waals surface area contributed by atoms with Crippen LogP contribution < -0.4 is 0 Å². The highest BCUT2D eigenvalue weighted by Crippen LogP contribution is 2.16. The molecule has 1 aliphatic rings. The molecule has 0 radical (unpaired) electrons. The van der Waals surface area contributed by atoms with Gasteiger partial charge in [-0.3, -0.25) is 19.3 Å². The molecule has 1 rings (SSSR count). The van der Waals surface area contributed by atoms with E-state index in [9.17, 15) is 19.5 Å². The van der Waals surface area contributed by atoms with Crippen LogP contribution in [0.15, 0.2) is 12.7 Å². The Morgan fingerprint density at radius 3 is 2.40 bits per heavy atom. The number of β-amino-alcohol motifs (C(OH)–C–C–N with tert-alkyl or cyclic N) is 1. The van der Waals surface area contributed by atoms with E-state index >= 15 is 0 Å². The SMILES string of the molecule is C=CC(=O)C(C)(O)CN1C(=O)CCC1=O. The van der Waals surface area contributed by atoms with Gasteiger partial charge < -0.3 is 5.11 Å². The zero-order valence-corrected chi connectivity index (χ0v) is 8.52. The lowest BCUT2D eigenvalue weighted by atomic mass is 10.0. The van der Waals surface area contributed by atoms with E-state index in [1.54, 1.807) is 0 Å². The Balaban J connectivity index is 2.76. The van der Waals surface area contributed by atoms with Crippen LogP contribution in [0.3, 0.4) is 0 Å². The fourth-order valence-electron chi connectivity index (χ4n) is 1.40. The number of aliphatic hydroxyl groups is 1. The smallest absolute Gasteiger partial charge is 0.229 e. The molecule has 1 unspecified atom stereocenters. The van der Waals surface area contributed by atoms with Crippen LogP contribution in [0.4, 0.5) is 0 Å². The van der Waals surface area contributed by atoms with E-state index in [0.29, 0.717) is 0 Å². The number of imide groups is 1. The Hall–Kier alpha value is -1.49. The highest BCUT2D eigenvalue weighted by Gasteiger charge is 2.37. The van der Waals surface area contributed by atoms with Gasteiger partial charge in [0.2, 0.25) is 11.8 Å². The van der Waals surface area contributed by atoms with E-state index in [-0.39, 0.29) is 31.2 Å². The van der Waals surface area contributed by atoms with Crippen LogP contribution in [-0.2, 0) is 14.4 Å². The van der Waals surface area contributed by atoms with Gasteiger partial charge in [0.05, 0.1) is 6.54 Å². The Labute approximate surface area is 87.4 Å². The summed E-state index contributed by atoms with van der Waals surface area (Å²) in [5.41, 5.74) is -1.74. The molecule has 5 heteroatoms. The third kappa shape index (κ3) is 2.30. The topological polar surface area (TPSA) is 74.7 Å². The Morgan fingerprint density at radius 1 is 1.53 bits per heavy atom. The molecule has 1 atom stereocenters. The largest absolute Gasteiger partial charge is 0.380 e. The van der Waals surface area contributed by atoms with Crippen molar-refractivity contribution in [1.82, 2.24) is 4.90 Å². The molecule has 82 valence electrons. The molecule has 1 saturated heterocycles. The maximum Gasteiger partial charge on any atom is 0.229 e.